The molecule has 0 saturated heterocycles. The number of amides is 1. The number of nitrogens with one attached hydrogen (secondary N) is 1. The molecule has 1 saturated carbocycles. The summed E-state index contributed by atoms with van der Waals surface area (Å²) in [5.74, 6) is -7.17. The van der Waals surface area contributed by atoms with Crippen LogP contribution in [0, 0.1) is 11.8 Å². The van der Waals surface area contributed by atoms with E-state index in [1.54, 1.807) is 63.4 Å². The Morgan fingerprint density at radius 3 is 2.32 bits per heavy atom. The number of phenols is 1. The molecule has 4 atom stereocenters. The molecule has 0 bridgehead atoms. The second-order valence-corrected chi connectivity index (χ2v) is 12.0. The molecule has 2 aromatic rings. The number of anilines is 2. The van der Waals surface area contributed by atoms with E-state index in [1.165, 1.54) is 4.90 Å². The number of Topliss-reactive ketones (excluding diaryl/α,β-unsaturated/α-hetero) is 3. The standard InChI is InChI=1S/C32H36N4O8/c1-35(2)20-14-19(34-11-10-21(37)15-8-6-5-7-9-15)26(38)23-17(20)12-16-13-18-25(36(3)4)28(40)24(31(33)43)30(42)32(18,44)29(41)22(16)27(23)39/h5-9,14,16,18,25,34,38-39,42,44H,10-13H2,1-4H3,(H2,33,43)/t16-,18-,25-,32-/m1/s1. The number of hydrogen-bond acceptors (Lipinski definition) is 11. The molecule has 232 valence electrons. The van der Waals surface area contributed by atoms with Gasteiger partial charge in [0.05, 0.1) is 17.3 Å². The van der Waals surface area contributed by atoms with Crippen molar-refractivity contribution in [2.45, 2.75) is 30.9 Å². The third kappa shape index (κ3) is 4.61. The first kappa shape index (κ1) is 30.8. The molecule has 1 amide bonds. The Hall–Kier alpha value is -4.68. The van der Waals surface area contributed by atoms with Crippen molar-refractivity contribution in [1.29, 1.82) is 0 Å². The summed E-state index contributed by atoms with van der Waals surface area (Å²) in [7, 11) is 6.67. The summed E-state index contributed by atoms with van der Waals surface area (Å²) < 4.78 is 0. The molecule has 0 radical (unpaired) electrons. The summed E-state index contributed by atoms with van der Waals surface area (Å²) in [6, 6.07) is 9.32. The van der Waals surface area contributed by atoms with Gasteiger partial charge in [-0.05, 0) is 44.5 Å². The fourth-order valence-electron chi connectivity index (χ4n) is 6.90. The minimum atomic E-state index is -2.71. The van der Waals surface area contributed by atoms with Gasteiger partial charge in [0, 0.05) is 49.8 Å². The molecule has 0 aromatic heterocycles. The number of phenolic OH excluding ortho intramolecular Hbond substituents is 1. The van der Waals surface area contributed by atoms with Crippen molar-refractivity contribution in [1.82, 2.24) is 4.90 Å². The molecular weight excluding hydrogens is 568 g/mol. The molecule has 3 aliphatic rings. The summed E-state index contributed by atoms with van der Waals surface area (Å²) in [6.45, 7) is 0.168. The molecular formula is C32H36N4O8. The molecule has 0 unspecified atom stereocenters. The summed E-state index contributed by atoms with van der Waals surface area (Å²) in [5, 5.41) is 48.9. The third-order valence-electron chi connectivity index (χ3n) is 8.94. The van der Waals surface area contributed by atoms with Crippen LogP contribution in [0.5, 0.6) is 5.75 Å². The van der Waals surface area contributed by atoms with Crippen molar-refractivity contribution in [2.24, 2.45) is 17.6 Å². The van der Waals surface area contributed by atoms with Crippen LogP contribution < -0.4 is 16.0 Å². The van der Waals surface area contributed by atoms with Gasteiger partial charge in [-0.15, -0.1) is 0 Å². The normalized spacial score (nSPS) is 24.5. The van der Waals surface area contributed by atoms with Gasteiger partial charge in [0.25, 0.3) is 5.91 Å². The molecule has 3 aliphatic carbocycles. The summed E-state index contributed by atoms with van der Waals surface area (Å²) in [5.41, 5.74) is 3.51. The second kappa shape index (κ2) is 11.1. The lowest BCUT2D eigenvalue weighted by Gasteiger charge is -2.50. The Kier molecular flexibility index (Phi) is 7.77. The Labute approximate surface area is 254 Å². The van der Waals surface area contributed by atoms with E-state index in [2.05, 4.69) is 5.32 Å². The van der Waals surface area contributed by atoms with Gasteiger partial charge in [0.1, 0.15) is 22.8 Å². The average molecular weight is 605 g/mol. The predicted octanol–water partition coefficient (Wildman–Crippen LogP) is 1.71. The molecule has 0 aliphatic heterocycles. The maximum Gasteiger partial charge on any atom is 0.255 e. The number of rotatable bonds is 8. The Bertz CT molecular complexity index is 1640. The number of fused-ring (bicyclic) bond motifs is 3. The Morgan fingerprint density at radius 1 is 1.07 bits per heavy atom. The lowest BCUT2D eigenvalue weighted by Crippen LogP contribution is -2.65. The van der Waals surface area contributed by atoms with Gasteiger partial charge < -0.3 is 36.4 Å². The van der Waals surface area contributed by atoms with Crippen LogP contribution in [0.4, 0.5) is 11.4 Å². The molecule has 7 N–H and O–H groups in total. The molecule has 12 heteroatoms. The van der Waals surface area contributed by atoms with Crippen molar-refractivity contribution >= 4 is 40.4 Å². The van der Waals surface area contributed by atoms with Crippen molar-refractivity contribution < 1.29 is 39.6 Å². The number of ketones is 3. The predicted molar refractivity (Wildman–Crippen MR) is 162 cm³/mol. The van der Waals surface area contributed by atoms with Crippen molar-refractivity contribution in [2.75, 3.05) is 45.0 Å². The Morgan fingerprint density at radius 2 is 1.73 bits per heavy atom. The zero-order chi connectivity index (χ0) is 32.2. The highest BCUT2D eigenvalue weighted by Crippen LogP contribution is 2.54. The summed E-state index contributed by atoms with van der Waals surface area (Å²) in [4.78, 5) is 55.4. The molecule has 0 spiro atoms. The third-order valence-corrected chi connectivity index (χ3v) is 8.94. The van der Waals surface area contributed by atoms with E-state index in [1.807, 2.05) is 6.07 Å². The molecule has 1 fully saturated rings. The fourth-order valence-corrected chi connectivity index (χ4v) is 6.90. The van der Waals surface area contributed by atoms with Crippen LogP contribution in [-0.4, -0.2) is 95.0 Å². The van der Waals surface area contributed by atoms with Gasteiger partial charge in [0.2, 0.25) is 5.78 Å². The van der Waals surface area contributed by atoms with E-state index in [9.17, 15) is 39.6 Å². The van der Waals surface area contributed by atoms with Gasteiger partial charge in [-0.3, -0.25) is 24.1 Å². The van der Waals surface area contributed by atoms with Crippen LogP contribution in [0.3, 0.4) is 0 Å². The first-order valence-corrected chi connectivity index (χ1v) is 14.2. The van der Waals surface area contributed by atoms with Crippen LogP contribution in [0.1, 0.15) is 34.3 Å². The summed E-state index contributed by atoms with van der Waals surface area (Å²) in [6.07, 6.45) is 0.294. The number of likely N-dealkylation sites (N-methyl/N-ethyl adjacent to an activating group) is 1. The first-order valence-electron chi connectivity index (χ1n) is 14.2. The van der Waals surface area contributed by atoms with Crippen molar-refractivity contribution in [3.63, 3.8) is 0 Å². The van der Waals surface area contributed by atoms with E-state index in [0.717, 1.165) is 0 Å². The highest BCUT2D eigenvalue weighted by molar-refractivity contribution is 6.24. The molecule has 0 heterocycles. The lowest BCUT2D eigenvalue weighted by molar-refractivity contribution is -0.153. The number of primary amides is 1. The number of carbonyl (C=O) groups is 4. The van der Waals surface area contributed by atoms with E-state index >= 15 is 0 Å². The van der Waals surface area contributed by atoms with Gasteiger partial charge in [0.15, 0.2) is 17.2 Å². The monoisotopic (exact) mass is 604 g/mol. The topological polar surface area (TPSA) is 194 Å². The Balaban J connectivity index is 1.59. The van der Waals surface area contributed by atoms with Crippen molar-refractivity contribution in [3.8, 4) is 5.75 Å². The number of aliphatic hydroxyl groups excluding tert-OH is 2. The largest absolute Gasteiger partial charge is 0.508 e. The van der Waals surface area contributed by atoms with Gasteiger partial charge in [-0.1, -0.05) is 30.3 Å². The van der Waals surface area contributed by atoms with Gasteiger partial charge in [-0.2, -0.15) is 0 Å². The molecule has 44 heavy (non-hydrogen) atoms. The van der Waals surface area contributed by atoms with E-state index in [-0.39, 0.29) is 54.2 Å². The van der Waals surface area contributed by atoms with Crippen LogP contribution in [0.2, 0.25) is 0 Å². The quantitative estimate of drug-likeness (QED) is 0.146. The number of aromatic hydroxyl groups is 1. The molecule has 2 aromatic carbocycles. The van der Waals surface area contributed by atoms with Gasteiger partial charge >= 0.3 is 0 Å². The average Bonchev–Trinajstić information content (AvgIpc) is 2.96. The van der Waals surface area contributed by atoms with E-state index in [4.69, 9.17) is 5.73 Å². The SMILES string of the molecule is CN(C)c1cc(NCCC(=O)c2ccccc2)c(O)c2c1C[C@@H]1C[C@@H]3[C@@H](N(C)C)C(=O)C(C(N)=O)=C(O)[C@]3(O)C(=O)C1=C2O. The van der Waals surface area contributed by atoms with E-state index < -0.39 is 58.0 Å². The smallest absolute Gasteiger partial charge is 0.255 e. The first-order chi connectivity index (χ1) is 20.7. The van der Waals surface area contributed by atoms with Crippen molar-refractivity contribution in [3.05, 3.63) is 70.0 Å². The highest BCUT2D eigenvalue weighted by Gasteiger charge is 2.64. The maximum absolute atomic E-state index is 14.1. The lowest BCUT2D eigenvalue weighted by atomic mass is 9.57. The number of carbonyl (C=O) groups excluding carboxylic acids is 4. The van der Waals surface area contributed by atoms with Gasteiger partial charge in [-0.25, -0.2) is 0 Å². The van der Waals surface area contributed by atoms with E-state index in [0.29, 0.717) is 16.8 Å². The maximum atomic E-state index is 14.1. The minimum absolute atomic E-state index is 0.000983. The number of nitrogens with two attached hydrogens (primary N) is 1. The molecule has 5 rings (SSSR count). The number of benzene rings is 2. The number of nitrogens with zero attached hydrogens (tertiary/aromatic N) is 2. The zero-order valence-electron chi connectivity index (χ0n) is 24.9. The molecule has 12 nitrogen and oxygen atoms in total. The number of aliphatic hydroxyl groups is 3. The fraction of sp³-hybridized carbons (Fsp3) is 0.375. The van der Waals surface area contributed by atoms with Crippen LogP contribution >= 0.6 is 0 Å². The zero-order valence-corrected chi connectivity index (χ0v) is 24.9. The minimum Gasteiger partial charge on any atom is -0.508 e. The number of hydrogen-bond donors (Lipinski definition) is 6. The highest BCUT2D eigenvalue weighted by atomic mass is 16.3. The van der Waals surface area contributed by atoms with Crippen LogP contribution in [0.25, 0.3) is 5.76 Å². The van der Waals surface area contributed by atoms with Crippen LogP contribution in [0.15, 0.2) is 53.3 Å². The summed E-state index contributed by atoms with van der Waals surface area (Å²) >= 11 is 0. The van der Waals surface area contributed by atoms with Crippen LogP contribution in [-0.2, 0) is 20.8 Å². The second-order valence-electron chi connectivity index (χ2n) is 12.0.